The maximum atomic E-state index is 12.2. The van der Waals surface area contributed by atoms with E-state index in [2.05, 4.69) is 5.32 Å². The second kappa shape index (κ2) is 7.15. The van der Waals surface area contributed by atoms with Gasteiger partial charge in [0.1, 0.15) is 36.0 Å². The summed E-state index contributed by atoms with van der Waals surface area (Å²) in [5.74, 6) is 2.24. The average molecular weight is 356 g/mol. The average Bonchev–Trinajstić information content (AvgIpc) is 2.65. The summed E-state index contributed by atoms with van der Waals surface area (Å²) in [7, 11) is 5.10. The lowest BCUT2D eigenvalue weighted by Crippen LogP contribution is -2.48. The van der Waals surface area contributed by atoms with Crippen molar-refractivity contribution in [2.75, 3.05) is 39.7 Å². The summed E-state index contributed by atoms with van der Waals surface area (Å²) in [6.45, 7) is 2.92. The summed E-state index contributed by atoms with van der Waals surface area (Å²) in [5, 5.41) is 3.45. The van der Waals surface area contributed by atoms with Gasteiger partial charge in [0.25, 0.3) is 5.91 Å². The topological polar surface area (TPSA) is 60.0 Å². The minimum absolute atomic E-state index is 0.0450. The standard InChI is InChI=1S/C20H24N2O4/c1-20(12-25-16-8-6-15(24-4)7-9-16)13-26-18-10-5-14(11-17(18)21-20)19(23)22(2)3/h5-11,21H,12-13H2,1-4H3. The molecule has 1 N–H and O–H groups in total. The predicted octanol–water partition coefficient (Wildman–Crippen LogP) is 3.04. The zero-order chi connectivity index (χ0) is 18.7. The highest BCUT2D eigenvalue weighted by molar-refractivity contribution is 5.95. The molecule has 1 aliphatic rings. The molecule has 6 heteroatoms. The Kier molecular flexibility index (Phi) is 4.93. The Hall–Kier alpha value is -2.89. The van der Waals surface area contributed by atoms with Gasteiger partial charge in [-0.05, 0) is 49.4 Å². The molecule has 0 bridgehead atoms. The van der Waals surface area contributed by atoms with Crippen LogP contribution < -0.4 is 19.5 Å². The van der Waals surface area contributed by atoms with Gasteiger partial charge in [0, 0.05) is 19.7 Å². The van der Waals surface area contributed by atoms with Gasteiger partial charge in [0.15, 0.2) is 0 Å². The lowest BCUT2D eigenvalue weighted by molar-refractivity contribution is 0.0827. The first kappa shape index (κ1) is 17.9. The van der Waals surface area contributed by atoms with Gasteiger partial charge in [-0.15, -0.1) is 0 Å². The SMILES string of the molecule is COc1ccc(OCC2(C)COc3ccc(C(=O)N(C)C)cc3N2)cc1. The van der Waals surface area contributed by atoms with Crippen LogP contribution in [0.2, 0.25) is 0 Å². The Bertz CT molecular complexity index is 789. The molecule has 0 radical (unpaired) electrons. The van der Waals surface area contributed by atoms with Gasteiger partial charge in [0.05, 0.1) is 12.8 Å². The molecular formula is C20H24N2O4. The summed E-state index contributed by atoms with van der Waals surface area (Å²) in [6, 6.07) is 12.9. The van der Waals surface area contributed by atoms with Crippen LogP contribution in [0, 0.1) is 0 Å². The van der Waals surface area contributed by atoms with Gasteiger partial charge in [-0.2, -0.15) is 0 Å². The maximum absolute atomic E-state index is 12.2. The van der Waals surface area contributed by atoms with E-state index in [0.717, 1.165) is 22.9 Å². The molecular weight excluding hydrogens is 332 g/mol. The minimum atomic E-state index is -0.410. The zero-order valence-electron chi connectivity index (χ0n) is 15.5. The molecule has 1 amide bonds. The van der Waals surface area contributed by atoms with Crippen molar-refractivity contribution in [1.29, 1.82) is 0 Å². The van der Waals surface area contributed by atoms with E-state index in [0.29, 0.717) is 18.8 Å². The molecule has 0 fully saturated rings. The van der Waals surface area contributed by atoms with Crippen molar-refractivity contribution in [3.63, 3.8) is 0 Å². The van der Waals surface area contributed by atoms with Crippen molar-refractivity contribution < 1.29 is 19.0 Å². The van der Waals surface area contributed by atoms with Gasteiger partial charge in [-0.25, -0.2) is 0 Å². The summed E-state index contributed by atoms with van der Waals surface area (Å²) in [5.41, 5.74) is 1.00. The quantitative estimate of drug-likeness (QED) is 0.892. The third kappa shape index (κ3) is 3.85. The van der Waals surface area contributed by atoms with Crippen LogP contribution in [-0.2, 0) is 0 Å². The molecule has 26 heavy (non-hydrogen) atoms. The van der Waals surface area contributed by atoms with Crippen molar-refractivity contribution in [2.24, 2.45) is 0 Å². The van der Waals surface area contributed by atoms with Crippen molar-refractivity contribution >= 4 is 11.6 Å². The minimum Gasteiger partial charge on any atom is -0.497 e. The maximum Gasteiger partial charge on any atom is 0.253 e. The molecule has 2 aromatic rings. The largest absolute Gasteiger partial charge is 0.497 e. The molecule has 2 aromatic carbocycles. The summed E-state index contributed by atoms with van der Waals surface area (Å²) >= 11 is 0. The van der Waals surface area contributed by atoms with E-state index in [-0.39, 0.29) is 5.91 Å². The number of hydrogen-bond acceptors (Lipinski definition) is 5. The number of benzene rings is 2. The summed E-state index contributed by atoms with van der Waals surface area (Å²) < 4.78 is 16.9. The van der Waals surface area contributed by atoms with E-state index in [1.807, 2.05) is 43.3 Å². The molecule has 0 aromatic heterocycles. The van der Waals surface area contributed by atoms with Gasteiger partial charge < -0.3 is 24.4 Å². The zero-order valence-corrected chi connectivity index (χ0v) is 15.5. The molecule has 3 rings (SSSR count). The number of fused-ring (bicyclic) bond motifs is 1. The van der Waals surface area contributed by atoms with E-state index >= 15 is 0 Å². The number of ether oxygens (including phenoxy) is 3. The fourth-order valence-electron chi connectivity index (χ4n) is 2.74. The molecule has 0 saturated carbocycles. The Morgan fingerprint density at radius 1 is 1.19 bits per heavy atom. The molecule has 1 aliphatic heterocycles. The first-order valence-corrected chi connectivity index (χ1v) is 8.44. The molecule has 1 atom stereocenters. The summed E-state index contributed by atoms with van der Waals surface area (Å²) in [4.78, 5) is 13.7. The molecule has 6 nitrogen and oxygen atoms in total. The van der Waals surface area contributed by atoms with Crippen molar-refractivity contribution in [3.8, 4) is 17.2 Å². The number of nitrogens with one attached hydrogen (secondary N) is 1. The van der Waals surface area contributed by atoms with E-state index in [1.54, 1.807) is 32.2 Å². The van der Waals surface area contributed by atoms with Gasteiger partial charge in [-0.3, -0.25) is 4.79 Å². The van der Waals surface area contributed by atoms with Crippen LogP contribution in [0.5, 0.6) is 17.2 Å². The lowest BCUT2D eigenvalue weighted by Gasteiger charge is -2.36. The van der Waals surface area contributed by atoms with Gasteiger partial charge in [-0.1, -0.05) is 0 Å². The Morgan fingerprint density at radius 3 is 2.54 bits per heavy atom. The number of hydrogen-bond donors (Lipinski definition) is 1. The lowest BCUT2D eigenvalue weighted by atomic mass is 10.0. The number of methoxy groups -OCH3 is 1. The van der Waals surface area contributed by atoms with Crippen LogP contribution >= 0.6 is 0 Å². The third-order valence-electron chi connectivity index (χ3n) is 4.23. The number of rotatable bonds is 5. The summed E-state index contributed by atoms with van der Waals surface area (Å²) in [6.07, 6.45) is 0. The highest BCUT2D eigenvalue weighted by atomic mass is 16.5. The number of amides is 1. The van der Waals surface area contributed by atoms with Crippen LogP contribution in [0.1, 0.15) is 17.3 Å². The fraction of sp³-hybridized carbons (Fsp3) is 0.350. The van der Waals surface area contributed by atoms with Crippen LogP contribution in [0.4, 0.5) is 5.69 Å². The van der Waals surface area contributed by atoms with Crippen LogP contribution in [-0.4, -0.2) is 50.8 Å². The van der Waals surface area contributed by atoms with Crippen molar-refractivity contribution in [3.05, 3.63) is 48.0 Å². The third-order valence-corrected chi connectivity index (χ3v) is 4.23. The van der Waals surface area contributed by atoms with E-state index in [4.69, 9.17) is 14.2 Å². The highest BCUT2D eigenvalue weighted by Crippen LogP contribution is 2.34. The second-order valence-electron chi connectivity index (χ2n) is 6.85. The highest BCUT2D eigenvalue weighted by Gasteiger charge is 2.32. The Morgan fingerprint density at radius 2 is 1.88 bits per heavy atom. The smallest absolute Gasteiger partial charge is 0.253 e. The molecule has 0 saturated heterocycles. The van der Waals surface area contributed by atoms with E-state index in [9.17, 15) is 4.79 Å². The van der Waals surface area contributed by atoms with Crippen LogP contribution in [0.15, 0.2) is 42.5 Å². The Labute approximate surface area is 153 Å². The molecule has 0 spiro atoms. The number of carbonyl (C=O) groups is 1. The fourth-order valence-corrected chi connectivity index (χ4v) is 2.74. The first-order valence-electron chi connectivity index (χ1n) is 8.44. The normalized spacial score (nSPS) is 18.2. The molecule has 1 unspecified atom stereocenters. The van der Waals surface area contributed by atoms with Gasteiger partial charge >= 0.3 is 0 Å². The molecule has 138 valence electrons. The molecule has 1 heterocycles. The van der Waals surface area contributed by atoms with Crippen molar-refractivity contribution in [1.82, 2.24) is 4.90 Å². The predicted molar refractivity (Wildman–Crippen MR) is 100 cm³/mol. The van der Waals surface area contributed by atoms with Crippen LogP contribution in [0.25, 0.3) is 0 Å². The number of nitrogens with zero attached hydrogens (tertiary/aromatic N) is 1. The van der Waals surface area contributed by atoms with E-state index in [1.165, 1.54) is 0 Å². The van der Waals surface area contributed by atoms with E-state index < -0.39 is 5.54 Å². The van der Waals surface area contributed by atoms with Gasteiger partial charge in [0.2, 0.25) is 0 Å². The first-order chi connectivity index (χ1) is 12.4. The second-order valence-corrected chi connectivity index (χ2v) is 6.85. The monoisotopic (exact) mass is 356 g/mol. The number of anilines is 1. The number of carbonyl (C=O) groups excluding carboxylic acids is 1. The van der Waals surface area contributed by atoms with Crippen molar-refractivity contribution in [2.45, 2.75) is 12.5 Å². The Balaban J connectivity index is 1.70. The van der Waals surface area contributed by atoms with Crippen LogP contribution in [0.3, 0.4) is 0 Å². The molecule has 0 aliphatic carbocycles.